The molecule has 1 aliphatic heterocycles. The third-order valence-corrected chi connectivity index (χ3v) is 3.05. The molecule has 0 bridgehead atoms. The second-order valence-corrected chi connectivity index (χ2v) is 4.28. The van der Waals surface area contributed by atoms with Crippen molar-refractivity contribution in [2.75, 3.05) is 5.32 Å². The van der Waals surface area contributed by atoms with E-state index in [9.17, 15) is 9.18 Å². The molecule has 0 saturated carbocycles. The molecule has 0 atom stereocenters. The van der Waals surface area contributed by atoms with Crippen LogP contribution >= 0.6 is 0 Å². The normalized spacial score (nSPS) is 13.9. The fraction of sp³-hybridized carbons (Fsp3) is 0.143. The molecule has 3 nitrogen and oxygen atoms in total. The van der Waals surface area contributed by atoms with Crippen molar-refractivity contribution in [1.82, 2.24) is 4.98 Å². The summed E-state index contributed by atoms with van der Waals surface area (Å²) in [6.07, 6.45) is 4.36. The first kappa shape index (κ1) is 10.9. The topological polar surface area (TPSA) is 42.0 Å². The van der Waals surface area contributed by atoms with Crippen molar-refractivity contribution in [1.29, 1.82) is 0 Å². The van der Waals surface area contributed by atoms with Gasteiger partial charge < -0.3 is 5.32 Å². The number of carbonyl (C=O) groups is 1. The predicted molar refractivity (Wildman–Crippen MR) is 66.6 cm³/mol. The number of carbonyl (C=O) groups excluding carboxylic acids is 1. The van der Waals surface area contributed by atoms with Crippen molar-refractivity contribution in [3.05, 3.63) is 48.0 Å². The van der Waals surface area contributed by atoms with Crippen molar-refractivity contribution in [2.24, 2.45) is 0 Å². The maximum absolute atomic E-state index is 14.0. The summed E-state index contributed by atoms with van der Waals surface area (Å²) in [5.41, 5.74) is 2.82. The van der Waals surface area contributed by atoms with Crippen molar-refractivity contribution >= 4 is 11.6 Å². The molecule has 0 aliphatic carbocycles. The number of aryl methyl sites for hydroxylation is 1. The number of benzene rings is 1. The van der Waals surface area contributed by atoms with E-state index in [1.165, 1.54) is 6.07 Å². The van der Waals surface area contributed by atoms with E-state index >= 15 is 0 Å². The Kier molecular flexibility index (Phi) is 2.55. The highest BCUT2D eigenvalue weighted by molar-refractivity contribution is 5.94. The predicted octanol–water partition coefficient (Wildman–Crippen LogP) is 2.77. The molecule has 0 radical (unpaired) electrons. The Morgan fingerprint density at radius 1 is 1.22 bits per heavy atom. The van der Waals surface area contributed by atoms with E-state index in [0.29, 0.717) is 18.5 Å². The number of nitrogens with zero attached hydrogens (tertiary/aromatic N) is 1. The second-order valence-electron chi connectivity index (χ2n) is 4.28. The number of aromatic nitrogens is 1. The smallest absolute Gasteiger partial charge is 0.224 e. The minimum absolute atomic E-state index is 0.129. The maximum atomic E-state index is 14.0. The molecule has 90 valence electrons. The summed E-state index contributed by atoms with van der Waals surface area (Å²) >= 11 is 0. The average Bonchev–Trinajstić information content (AvgIpc) is 2.40. The van der Waals surface area contributed by atoms with E-state index < -0.39 is 0 Å². The summed E-state index contributed by atoms with van der Waals surface area (Å²) in [5, 5.41) is 2.58. The van der Waals surface area contributed by atoms with Crippen LogP contribution in [0.1, 0.15) is 12.0 Å². The van der Waals surface area contributed by atoms with Gasteiger partial charge in [0.25, 0.3) is 0 Å². The zero-order valence-corrected chi connectivity index (χ0v) is 9.61. The highest BCUT2D eigenvalue weighted by Crippen LogP contribution is 2.31. The van der Waals surface area contributed by atoms with Gasteiger partial charge in [0.1, 0.15) is 5.82 Å². The molecule has 0 saturated heterocycles. The van der Waals surface area contributed by atoms with E-state index in [4.69, 9.17) is 0 Å². The molecule has 3 rings (SSSR count). The van der Waals surface area contributed by atoms with Crippen LogP contribution in [-0.2, 0) is 11.2 Å². The lowest BCUT2D eigenvalue weighted by Crippen LogP contribution is -2.20. The van der Waals surface area contributed by atoms with E-state index in [0.717, 1.165) is 16.7 Å². The molecule has 0 fully saturated rings. The van der Waals surface area contributed by atoms with Crippen molar-refractivity contribution in [3.8, 4) is 11.1 Å². The van der Waals surface area contributed by atoms with Crippen molar-refractivity contribution in [3.63, 3.8) is 0 Å². The quantitative estimate of drug-likeness (QED) is 0.835. The highest BCUT2D eigenvalue weighted by Gasteiger charge is 2.19. The molecule has 2 aromatic rings. The zero-order chi connectivity index (χ0) is 12.5. The molecule has 0 unspecified atom stereocenters. The number of hydrogen-bond acceptors (Lipinski definition) is 2. The van der Waals surface area contributed by atoms with Crippen LogP contribution in [0.15, 0.2) is 36.7 Å². The fourth-order valence-corrected chi connectivity index (χ4v) is 2.15. The lowest BCUT2D eigenvalue weighted by atomic mass is 9.97. The van der Waals surface area contributed by atoms with Gasteiger partial charge in [-0.25, -0.2) is 4.39 Å². The standard InChI is InChI=1S/C14H11FN2O/c15-12-7-11(10-2-1-5-16-8-10)6-9-3-4-13(18)17-14(9)12/h1-2,5-8H,3-4H2,(H,17,18). The number of nitrogens with one attached hydrogen (secondary N) is 1. The molecule has 1 aliphatic rings. The summed E-state index contributed by atoms with van der Waals surface area (Å²) in [6.45, 7) is 0. The summed E-state index contributed by atoms with van der Waals surface area (Å²) in [4.78, 5) is 15.3. The van der Waals surface area contributed by atoms with Crippen LogP contribution in [-0.4, -0.2) is 10.9 Å². The van der Waals surface area contributed by atoms with Crippen LogP contribution in [0.4, 0.5) is 10.1 Å². The number of halogens is 1. The number of pyridine rings is 1. The van der Waals surface area contributed by atoms with Gasteiger partial charge in [0.15, 0.2) is 0 Å². The van der Waals surface area contributed by atoms with Crippen LogP contribution in [0.3, 0.4) is 0 Å². The maximum Gasteiger partial charge on any atom is 0.224 e. The van der Waals surface area contributed by atoms with Gasteiger partial charge in [0.05, 0.1) is 5.69 Å². The molecule has 18 heavy (non-hydrogen) atoms. The first-order valence-electron chi connectivity index (χ1n) is 5.77. The van der Waals surface area contributed by atoms with Gasteiger partial charge in [-0.1, -0.05) is 6.07 Å². The first-order valence-corrected chi connectivity index (χ1v) is 5.77. The Bertz CT molecular complexity index is 611. The van der Waals surface area contributed by atoms with E-state index in [1.807, 2.05) is 18.2 Å². The summed E-state index contributed by atoms with van der Waals surface area (Å²) < 4.78 is 14.0. The Morgan fingerprint density at radius 2 is 2.11 bits per heavy atom. The number of anilines is 1. The summed E-state index contributed by atoms with van der Waals surface area (Å²) in [6, 6.07) is 7.04. The van der Waals surface area contributed by atoms with Gasteiger partial charge in [-0.3, -0.25) is 9.78 Å². The lowest BCUT2D eigenvalue weighted by Gasteiger charge is -2.18. The molecule has 1 aromatic carbocycles. The Labute approximate surface area is 104 Å². The van der Waals surface area contributed by atoms with E-state index in [-0.39, 0.29) is 11.7 Å². The number of fused-ring (bicyclic) bond motifs is 1. The number of amides is 1. The minimum atomic E-state index is -0.389. The van der Waals surface area contributed by atoms with Gasteiger partial charge in [0, 0.05) is 24.4 Å². The third kappa shape index (κ3) is 1.86. The van der Waals surface area contributed by atoms with Gasteiger partial charge in [-0.2, -0.15) is 0 Å². The average molecular weight is 242 g/mol. The minimum Gasteiger partial charge on any atom is -0.323 e. The molecule has 2 heterocycles. The molecular formula is C14H11FN2O. The molecule has 1 aromatic heterocycles. The largest absolute Gasteiger partial charge is 0.323 e. The number of hydrogen-bond donors (Lipinski definition) is 1. The monoisotopic (exact) mass is 242 g/mol. The molecule has 0 spiro atoms. The van der Waals surface area contributed by atoms with Crippen LogP contribution in [0, 0.1) is 5.82 Å². The molecule has 1 N–H and O–H groups in total. The van der Waals surface area contributed by atoms with Gasteiger partial charge in [-0.15, -0.1) is 0 Å². The lowest BCUT2D eigenvalue weighted by molar-refractivity contribution is -0.116. The SMILES string of the molecule is O=C1CCc2cc(-c3cccnc3)cc(F)c2N1. The summed E-state index contributed by atoms with van der Waals surface area (Å²) in [7, 11) is 0. The Hall–Kier alpha value is -2.23. The second kappa shape index (κ2) is 4.22. The fourth-order valence-electron chi connectivity index (χ4n) is 2.15. The van der Waals surface area contributed by atoms with Crippen molar-refractivity contribution in [2.45, 2.75) is 12.8 Å². The summed E-state index contributed by atoms with van der Waals surface area (Å²) in [5.74, 6) is -0.519. The zero-order valence-electron chi connectivity index (χ0n) is 9.61. The Balaban J connectivity index is 2.10. The molecule has 1 amide bonds. The van der Waals surface area contributed by atoms with E-state index in [1.54, 1.807) is 12.4 Å². The van der Waals surface area contributed by atoms with Gasteiger partial charge >= 0.3 is 0 Å². The van der Waals surface area contributed by atoms with Crippen LogP contribution in [0.5, 0.6) is 0 Å². The third-order valence-electron chi connectivity index (χ3n) is 3.05. The molecular weight excluding hydrogens is 231 g/mol. The van der Waals surface area contributed by atoms with Crippen LogP contribution < -0.4 is 5.32 Å². The van der Waals surface area contributed by atoms with Crippen LogP contribution in [0.2, 0.25) is 0 Å². The van der Waals surface area contributed by atoms with Gasteiger partial charge in [0.2, 0.25) is 5.91 Å². The van der Waals surface area contributed by atoms with Gasteiger partial charge in [-0.05, 0) is 35.7 Å². The first-order chi connectivity index (χ1) is 8.74. The van der Waals surface area contributed by atoms with Crippen LogP contribution in [0.25, 0.3) is 11.1 Å². The molecule has 4 heteroatoms. The highest BCUT2D eigenvalue weighted by atomic mass is 19.1. The number of rotatable bonds is 1. The Morgan fingerprint density at radius 3 is 2.89 bits per heavy atom. The van der Waals surface area contributed by atoms with Crippen molar-refractivity contribution < 1.29 is 9.18 Å². The van der Waals surface area contributed by atoms with E-state index in [2.05, 4.69) is 10.3 Å².